The van der Waals surface area contributed by atoms with Gasteiger partial charge in [0.05, 0.1) is 5.92 Å². The summed E-state index contributed by atoms with van der Waals surface area (Å²) in [5, 5.41) is 5.24. The molecule has 1 aromatic rings. The fourth-order valence-corrected chi connectivity index (χ4v) is 5.14. The summed E-state index contributed by atoms with van der Waals surface area (Å²) in [6.07, 6.45) is 8.30. The van der Waals surface area contributed by atoms with Gasteiger partial charge < -0.3 is 15.1 Å². The Morgan fingerprint density at radius 3 is 3.00 bits per heavy atom. The van der Waals surface area contributed by atoms with E-state index in [-0.39, 0.29) is 17.7 Å². The van der Waals surface area contributed by atoms with Crippen molar-refractivity contribution in [2.24, 2.45) is 5.92 Å². The molecule has 0 saturated carbocycles. The van der Waals surface area contributed by atoms with Crippen LogP contribution < -0.4 is 5.32 Å². The van der Waals surface area contributed by atoms with E-state index in [1.165, 1.54) is 29.7 Å². The quantitative estimate of drug-likeness (QED) is 0.641. The van der Waals surface area contributed by atoms with Crippen LogP contribution in [-0.4, -0.2) is 54.3 Å². The molecule has 1 fully saturated rings. The normalized spacial score (nSPS) is 20.0. The maximum absolute atomic E-state index is 12.6. The highest BCUT2D eigenvalue weighted by atomic mass is 32.1. The highest BCUT2D eigenvalue weighted by Gasteiger charge is 2.27. The summed E-state index contributed by atoms with van der Waals surface area (Å²) in [6, 6.07) is 2.15. The molecule has 2 aliphatic heterocycles. The lowest BCUT2D eigenvalue weighted by molar-refractivity contribution is -0.132. The summed E-state index contributed by atoms with van der Waals surface area (Å²) in [7, 11) is 0. The van der Waals surface area contributed by atoms with Gasteiger partial charge >= 0.3 is 0 Å². The second-order valence-electron chi connectivity index (χ2n) is 8.18. The molecule has 156 valence electrons. The predicted molar refractivity (Wildman–Crippen MR) is 114 cm³/mol. The molecule has 1 saturated heterocycles. The van der Waals surface area contributed by atoms with Gasteiger partial charge in [-0.3, -0.25) is 9.59 Å². The maximum atomic E-state index is 12.6. The minimum absolute atomic E-state index is 0.0818. The van der Waals surface area contributed by atoms with Crippen LogP contribution in [0.3, 0.4) is 0 Å². The van der Waals surface area contributed by atoms with Gasteiger partial charge in [-0.25, -0.2) is 0 Å². The number of nitrogens with zero attached hydrogens (tertiary/aromatic N) is 2. The van der Waals surface area contributed by atoms with E-state index in [4.69, 9.17) is 0 Å². The SMILES string of the molecule is CCCCCCNC(=O)C1CCCN(CCC(=O)N2CCc3sccc3C2)C1. The molecule has 6 heteroatoms. The van der Waals surface area contributed by atoms with Gasteiger partial charge in [-0.05, 0) is 49.2 Å². The van der Waals surface area contributed by atoms with Gasteiger partial charge in [-0.2, -0.15) is 0 Å². The fraction of sp³-hybridized carbons (Fsp3) is 0.727. The van der Waals surface area contributed by atoms with Crippen LogP contribution >= 0.6 is 11.3 Å². The van der Waals surface area contributed by atoms with Gasteiger partial charge in [-0.1, -0.05) is 26.2 Å². The molecular formula is C22H35N3O2S. The van der Waals surface area contributed by atoms with Gasteiger partial charge in [0.2, 0.25) is 11.8 Å². The van der Waals surface area contributed by atoms with Crippen molar-refractivity contribution in [1.82, 2.24) is 15.1 Å². The number of nitrogens with one attached hydrogen (secondary N) is 1. The summed E-state index contributed by atoms with van der Waals surface area (Å²) >= 11 is 1.80. The summed E-state index contributed by atoms with van der Waals surface area (Å²) in [6.45, 7) is 7.17. The summed E-state index contributed by atoms with van der Waals surface area (Å²) in [4.78, 5) is 30.8. The minimum Gasteiger partial charge on any atom is -0.356 e. The largest absolute Gasteiger partial charge is 0.356 e. The predicted octanol–water partition coefficient (Wildman–Crippen LogP) is 3.43. The first-order valence-corrected chi connectivity index (χ1v) is 11.9. The number of carbonyl (C=O) groups excluding carboxylic acids is 2. The summed E-state index contributed by atoms with van der Waals surface area (Å²) in [5.74, 6) is 0.534. The van der Waals surface area contributed by atoms with Crippen LogP contribution in [0, 0.1) is 5.92 Å². The molecule has 2 aliphatic rings. The molecule has 0 radical (unpaired) electrons. The van der Waals surface area contributed by atoms with E-state index < -0.39 is 0 Å². The van der Waals surface area contributed by atoms with Crippen molar-refractivity contribution in [2.45, 2.75) is 64.8 Å². The number of thiophene rings is 1. The standard InChI is InChI=1S/C22H35N3O2S/c1-2-3-4-5-11-23-22(27)19-7-6-12-24(16-19)13-9-21(26)25-14-8-20-18(17-25)10-15-28-20/h10,15,19H,2-9,11-14,16-17H2,1H3,(H,23,27). The molecule has 0 aliphatic carbocycles. The topological polar surface area (TPSA) is 52.7 Å². The van der Waals surface area contributed by atoms with E-state index in [9.17, 15) is 9.59 Å². The number of hydrogen-bond donors (Lipinski definition) is 1. The van der Waals surface area contributed by atoms with E-state index in [1.54, 1.807) is 11.3 Å². The molecule has 5 nitrogen and oxygen atoms in total. The minimum atomic E-state index is 0.0818. The second-order valence-corrected chi connectivity index (χ2v) is 9.18. The molecule has 1 unspecified atom stereocenters. The van der Waals surface area contributed by atoms with Crippen LogP contribution in [0.2, 0.25) is 0 Å². The molecule has 0 aromatic carbocycles. The molecule has 0 bridgehead atoms. The number of carbonyl (C=O) groups is 2. The Labute approximate surface area is 173 Å². The zero-order valence-corrected chi connectivity index (χ0v) is 18.1. The number of unbranched alkanes of at least 4 members (excludes halogenated alkanes) is 3. The van der Waals surface area contributed by atoms with Gasteiger partial charge in [0, 0.05) is 44.0 Å². The Morgan fingerprint density at radius 2 is 2.14 bits per heavy atom. The maximum Gasteiger partial charge on any atom is 0.224 e. The number of rotatable bonds is 9. The molecule has 3 heterocycles. The highest BCUT2D eigenvalue weighted by Crippen LogP contribution is 2.24. The van der Waals surface area contributed by atoms with Crippen LogP contribution in [0.5, 0.6) is 0 Å². The van der Waals surface area contributed by atoms with E-state index in [0.717, 1.165) is 65.0 Å². The first kappa shape index (κ1) is 21.3. The average molecular weight is 406 g/mol. The van der Waals surface area contributed by atoms with Crippen LogP contribution in [0.15, 0.2) is 11.4 Å². The van der Waals surface area contributed by atoms with Crippen molar-refractivity contribution >= 4 is 23.2 Å². The number of piperidine rings is 1. The number of likely N-dealkylation sites (tertiary alicyclic amines) is 1. The first-order chi connectivity index (χ1) is 13.7. The van der Waals surface area contributed by atoms with Crippen LogP contribution in [0.4, 0.5) is 0 Å². The van der Waals surface area contributed by atoms with Crippen molar-refractivity contribution in [3.63, 3.8) is 0 Å². The molecular weight excluding hydrogens is 370 g/mol. The van der Waals surface area contributed by atoms with Crippen molar-refractivity contribution in [1.29, 1.82) is 0 Å². The lowest BCUT2D eigenvalue weighted by Gasteiger charge is -2.33. The zero-order valence-electron chi connectivity index (χ0n) is 17.3. The molecule has 1 N–H and O–H groups in total. The Hall–Kier alpha value is -1.40. The van der Waals surface area contributed by atoms with Gasteiger partial charge in [0.25, 0.3) is 0 Å². The van der Waals surface area contributed by atoms with Gasteiger partial charge in [0.1, 0.15) is 0 Å². The molecule has 1 aromatic heterocycles. The van der Waals surface area contributed by atoms with Gasteiger partial charge in [0.15, 0.2) is 0 Å². The lowest BCUT2D eigenvalue weighted by Crippen LogP contribution is -2.44. The third-order valence-electron chi connectivity index (χ3n) is 6.01. The van der Waals surface area contributed by atoms with Gasteiger partial charge in [-0.15, -0.1) is 11.3 Å². The Bertz CT molecular complexity index is 645. The Morgan fingerprint density at radius 1 is 1.25 bits per heavy atom. The molecule has 2 amide bonds. The summed E-state index contributed by atoms with van der Waals surface area (Å²) in [5.41, 5.74) is 1.32. The lowest BCUT2D eigenvalue weighted by atomic mass is 9.97. The van der Waals surface area contributed by atoms with Crippen LogP contribution in [0.1, 0.15) is 62.3 Å². The third-order valence-corrected chi connectivity index (χ3v) is 7.03. The molecule has 3 rings (SSSR count). The van der Waals surface area contributed by atoms with Crippen molar-refractivity contribution in [3.8, 4) is 0 Å². The molecule has 0 spiro atoms. The first-order valence-electron chi connectivity index (χ1n) is 11.0. The third kappa shape index (κ3) is 6.05. The Balaban J connectivity index is 1.36. The fourth-order valence-electron chi connectivity index (χ4n) is 4.25. The smallest absolute Gasteiger partial charge is 0.224 e. The van der Waals surface area contributed by atoms with E-state index in [0.29, 0.717) is 6.42 Å². The molecule has 1 atom stereocenters. The zero-order chi connectivity index (χ0) is 19.8. The monoisotopic (exact) mass is 405 g/mol. The van der Waals surface area contributed by atoms with E-state index in [2.05, 4.69) is 28.6 Å². The summed E-state index contributed by atoms with van der Waals surface area (Å²) < 4.78 is 0. The van der Waals surface area contributed by atoms with Crippen LogP contribution in [-0.2, 0) is 22.6 Å². The van der Waals surface area contributed by atoms with Crippen molar-refractivity contribution in [2.75, 3.05) is 32.7 Å². The van der Waals surface area contributed by atoms with E-state index in [1.807, 2.05) is 4.90 Å². The highest BCUT2D eigenvalue weighted by molar-refractivity contribution is 7.10. The number of hydrogen-bond acceptors (Lipinski definition) is 4. The molecule has 28 heavy (non-hydrogen) atoms. The van der Waals surface area contributed by atoms with E-state index >= 15 is 0 Å². The van der Waals surface area contributed by atoms with Crippen LogP contribution in [0.25, 0.3) is 0 Å². The Kier molecular flexibility index (Phi) is 8.34. The van der Waals surface area contributed by atoms with Crippen molar-refractivity contribution < 1.29 is 9.59 Å². The average Bonchev–Trinajstić information content (AvgIpc) is 3.19. The second kappa shape index (κ2) is 11.0. The number of fused-ring (bicyclic) bond motifs is 1. The van der Waals surface area contributed by atoms with Crippen molar-refractivity contribution in [3.05, 3.63) is 21.9 Å². The number of amides is 2.